The van der Waals surface area contributed by atoms with Gasteiger partial charge >= 0.3 is 0 Å². The topological polar surface area (TPSA) is 68.9 Å². The maximum absolute atomic E-state index is 13.2. The van der Waals surface area contributed by atoms with Crippen LogP contribution in [0.3, 0.4) is 0 Å². The van der Waals surface area contributed by atoms with Crippen molar-refractivity contribution in [1.29, 1.82) is 0 Å². The number of aliphatic imine (C=N–C) groups is 1. The van der Waals surface area contributed by atoms with Crippen molar-refractivity contribution in [3.8, 4) is 11.5 Å². The molecule has 0 saturated heterocycles. The highest BCUT2D eigenvalue weighted by Gasteiger charge is 2.21. The SMILES string of the molecule is CC(CN=C(N)NC1CCOc2ccccc21)Oc1cccc(F)c1.I. The van der Waals surface area contributed by atoms with Gasteiger partial charge in [0.1, 0.15) is 23.4 Å². The molecule has 2 aromatic rings. The zero-order chi connectivity index (χ0) is 17.6. The monoisotopic (exact) mass is 471 g/mol. The minimum atomic E-state index is -0.326. The first kappa shape index (κ1) is 20.3. The highest BCUT2D eigenvalue weighted by molar-refractivity contribution is 14.0. The van der Waals surface area contributed by atoms with Crippen LogP contribution in [0.2, 0.25) is 0 Å². The summed E-state index contributed by atoms with van der Waals surface area (Å²) in [4.78, 5) is 4.33. The van der Waals surface area contributed by atoms with E-state index < -0.39 is 0 Å². The van der Waals surface area contributed by atoms with Gasteiger partial charge < -0.3 is 20.5 Å². The van der Waals surface area contributed by atoms with Crippen LogP contribution < -0.4 is 20.5 Å². The highest BCUT2D eigenvalue weighted by Crippen LogP contribution is 2.31. The third-order valence-electron chi connectivity index (χ3n) is 3.93. The van der Waals surface area contributed by atoms with Gasteiger partial charge in [-0.15, -0.1) is 24.0 Å². The summed E-state index contributed by atoms with van der Waals surface area (Å²) < 4.78 is 24.4. The molecule has 5 nitrogen and oxygen atoms in total. The molecule has 0 aliphatic carbocycles. The average Bonchev–Trinajstić information content (AvgIpc) is 2.60. The van der Waals surface area contributed by atoms with E-state index in [9.17, 15) is 4.39 Å². The molecule has 0 amide bonds. The molecule has 0 radical (unpaired) electrons. The van der Waals surface area contributed by atoms with Crippen LogP contribution in [0.15, 0.2) is 53.5 Å². The molecule has 2 unspecified atom stereocenters. The number of guanidine groups is 1. The van der Waals surface area contributed by atoms with Gasteiger partial charge in [0.25, 0.3) is 0 Å². The summed E-state index contributed by atoms with van der Waals surface area (Å²) in [5.74, 6) is 1.39. The molecule has 1 aliphatic rings. The van der Waals surface area contributed by atoms with E-state index in [-0.39, 0.29) is 41.9 Å². The molecule has 26 heavy (non-hydrogen) atoms. The molecule has 7 heteroatoms. The number of benzene rings is 2. The zero-order valence-corrected chi connectivity index (χ0v) is 16.9. The lowest BCUT2D eigenvalue weighted by Gasteiger charge is -2.27. The van der Waals surface area contributed by atoms with Gasteiger partial charge in [-0.3, -0.25) is 0 Å². The number of nitrogens with zero attached hydrogens (tertiary/aromatic N) is 1. The molecule has 2 aromatic carbocycles. The van der Waals surface area contributed by atoms with Gasteiger partial charge in [-0.2, -0.15) is 0 Å². The van der Waals surface area contributed by atoms with Gasteiger partial charge in [-0.05, 0) is 25.1 Å². The van der Waals surface area contributed by atoms with Crippen LogP contribution in [0.4, 0.5) is 4.39 Å². The molecule has 1 aliphatic heterocycles. The van der Waals surface area contributed by atoms with E-state index >= 15 is 0 Å². The van der Waals surface area contributed by atoms with E-state index in [2.05, 4.69) is 10.3 Å². The van der Waals surface area contributed by atoms with E-state index in [0.717, 1.165) is 17.7 Å². The van der Waals surface area contributed by atoms with Crippen LogP contribution >= 0.6 is 24.0 Å². The standard InChI is InChI=1S/C19H22FN3O2.HI/c1-13(25-15-6-4-5-14(20)11-15)12-22-19(21)23-17-9-10-24-18-8-3-2-7-16(17)18;/h2-8,11,13,17H,9-10,12H2,1H3,(H3,21,22,23);1H. The van der Waals surface area contributed by atoms with Gasteiger partial charge in [0.2, 0.25) is 0 Å². The highest BCUT2D eigenvalue weighted by atomic mass is 127. The second-order valence-corrected chi connectivity index (χ2v) is 5.98. The van der Waals surface area contributed by atoms with Gasteiger partial charge in [-0.1, -0.05) is 24.3 Å². The quantitative estimate of drug-likeness (QED) is 0.397. The molecule has 0 saturated carbocycles. The molecule has 0 bridgehead atoms. The van der Waals surface area contributed by atoms with Crippen LogP contribution in [-0.2, 0) is 0 Å². The lowest BCUT2D eigenvalue weighted by molar-refractivity contribution is 0.229. The Morgan fingerprint density at radius 1 is 1.35 bits per heavy atom. The number of ether oxygens (including phenoxy) is 2. The van der Waals surface area contributed by atoms with E-state index in [0.29, 0.717) is 24.9 Å². The van der Waals surface area contributed by atoms with Crippen molar-refractivity contribution in [3.63, 3.8) is 0 Å². The lowest BCUT2D eigenvalue weighted by atomic mass is 10.0. The summed E-state index contributed by atoms with van der Waals surface area (Å²) >= 11 is 0. The largest absolute Gasteiger partial charge is 0.493 e. The Bertz CT molecular complexity index is 757. The zero-order valence-electron chi connectivity index (χ0n) is 14.5. The fourth-order valence-electron chi connectivity index (χ4n) is 2.75. The summed E-state index contributed by atoms with van der Waals surface area (Å²) in [5.41, 5.74) is 7.09. The normalized spacial score (nSPS) is 17.3. The Morgan fingerprint density at radius 3 is 2.96 bits per heavy atom. The van der Waals surface area contributed by atoms with E-state index in [1.807, 2.05) is 31.2 Å². The van der Waals surface area contributed by atoms with Crippen molar-refractivity contribution in [2.24, 2.45) is 10.7 Å². The second kappa shape index (κ2) is 9.61. The van der Waals surface area contributed by atoms with E-state index in [1.165, 1.54) is 12.1 Å². The van der Waals surface area contributed by atoms with Crippen molar-refractivity contribution >= 4 is 29.9 Å². The fraction of sp³-hybridized carbons (Fsp3) is 0.316. The smallest absolute Gasteiger partial charge is 0.189 e. The summed E-state index contributed by atoms with van der Waals surface area (Å²) in [6.07, 6.45) is 0.604. The maximum atomic E-state index is 13.2. The minimum absolute atomic E-state index is 0. The Balaban J connectivity index is 0.00000243. The lowest BCUT2D eigenvalue weighted by Crippen LogP contribution is -2.38. The Labute approximate surface area is 169 Å². The first-order valence-electron chi connectivity index (χ1n) is 8.32. The van der Waals surface area contributed by atoms with Crippen molar-refractivity contribution < 1.29 is 13.9 Å². The summed E-state index contributed by atoms with van der Waals surface area (Å²) in [6, 6.07) is 14.0. The predicted molar refractivity (Wildman–Crippen MR) is 111 cm³/mol. The number of fused-ring (bicyclic) bond motifs is 1. The molecule has 0 fully saturated rings. The third kappa shape index (κ3) is 5.48. The Kier molecular flexibility index (Phi) is 7.50. The number of hydrogen-bond acceptors (Lipinski definition) is 3. The van der Waals surface area contributed by atoms with Crippen LogP contribution in [-0.4, -0.2) is 25.2 Å². The molecule has 1 heterocycles. The van der Waals surface area contributed by atoms with E-state index in [4.69, 9.17) is 15.2 Å². The van der Waals surface area contributed by atoms with Gasteiger partial charge in [0, 0.05) is 18.1 Å². The first-order chi connectivity index (χ1) is 12.1. The molecular weight excluding hydrogens is 448 g/mol. The number of halogens is 2. The Morgan fingerprint density at radius 2 is 2.15 bits per heavy atom. The summed E-state index contributed by atoms with van der Waals surface area (Å²) in [6.45, 7) is 2.88. The van der Waals surface area contributed by atoms with Crippen molar-refractivity contribution in [3.05, 3.63) is 59.9 Å². The molecule has 2 atom stereocenters. The van der Waals surface area contributed by atoms with Crippen LogP contribution in [0.25, 0.3) is 0 Å². The number of nitrogens with two attached hydrogens (primary N) is 1. The molecule has 3 N–H and O–H groups in total. The number of nitrogens with one attached hydrogen (secondary N) is 1. The molecular formula is C19H23FIN3O2. The predicted octanol–water partition coefficient (Wildman–Crippen LogP) is 3.64. The van der Waals surface area contributed by atoms with Gasteiger partial charge in [-0.25, -0.2) is 9.38 Å². The number of hydrogen-bond donors (Lipinski definition) is 2. The second-order valence-electron chi connectivity index (χ2n) is 5.98. The fourth-order valence-corrected chi connectivity index (χ4v) is 2.75. The maximum Gasteiger partial charge on any atom is 0.189 e. The minimum Gasteiger partial charge on any atom is -0.493 e. The average molecular weight is 471 g/mol. The third-order valence-corrected chi connectivity index (χ3v) is 3.93. The summed E-state index contributed by atoms with van der Waals surface area (Å²) in [5, 5.41) is 3.24. The van der Waals surface area contributed by atoms with Crippen molar-refractivity contribution in [2.75, 3.05) is 13.2 Å². The molecule has 0 spiro atoms. The van der Waals surface area contributed by atoms with Crippen LogP contribution in [0.5, 0.6) is 11.5 Å². The van der Waals surface area contributed by atoms with Crippen LogP contribution in [0, 0.1) is 5.82 Å². The van der Waals surface area contributed by atoms with Gasteiger partial charge in [0.05, 0.1) is 19.2 Å². The number of para-hydroxylation sites is 1. The van der Waals surface area contributed by atoms with Crippen LogP contribution in [0.1, 0.15) is 24.9 Å². The molecule has 0 aromatic heterocycles. The van der Waals surface area contributed by atoms with Gasteiger partial charge in [0.15, 0.2) is 5.96 Å². The van der Waals surface area contributed by atoms with Crippen molar-refractivity contribution in [2.45, 2.75) is 25.5 Å². The Hall–Kier alpha value is -2.03. The number of rotatable bonds is 5. The molecule has 140 valence electrons. The van der Waals surface area contributed by atoms with E-state index in [1.54, 1.807) is 12.1 Å². The van der Waals surface area contributed by atoms with Crippen molar-refractivity contribution in [1.82, 2.24) is 5.32 Å². The molecule has 3 rings (SSSR count). The summed E-state index contributed by atoms with van der Waals surface area (Å²) in [7, 11) is 0. The first-order valence-corrected chi connectivity index (χ1v) is 8.32.